The summed E-state index contributed by atoms with van der Waals surface area (Å²) < 4.78 is 1.97. The van der Waals surface area contributed by atoms with Gasteiger partial charge in [0.1, 0.15) is 29.7 Å². The Kier molecular flexibility index (Phi) is 4.09. The predicted octanol–water partition coefficient (Wildman–Crippen LogP) is 2.94. The minimum atomic E-state index is -0.843. The first-order valence-corrected chi connectivity index (χ1v) is 12.1. The van der Waals surface area contributed by atoms with Gasteiger partial charge in [-0.25, -0.2) is 15.0 Å². The second-order valence-corrected chi connectivity index (χ2v) is 10.5. The third kappa shape index (κ3) is 2.82. The predicted molar refractivity (Wildman–Crippen MR) is 130 cm³/mol. The summed E-state index contributed by atoms with van der Waals surface area (Å²) in [5, 5.41) is 24.0. The maximum Gasteiger partial charge on any atom is 0.145 e. The highest BCUT2D eigenvalue weighted by atomic mass is 16.3. The van der Waals surface area contributed by atoms with Gasteiger partial charge in [0, 0.05) is 17.0 Å². The van der Waals surface area contributed by atoms with Crippen molar-refractivity contribution in [1.82, 2.24) is 19.5 Å². The quantitative estimate of drug-likeness (QED) is 0.362. The van der Waals surface area contributed by atoms with Gasteiger partial charge in [0.25, 0.3) is 0 Å². The van der Waals surface area contributed by atoms with Gasteiger partial charge in [-0.1, -0.05) is 12.1 Å². The molecule has 6 N–H and O–H groups in total. The highest BCUT2D eigenvalue weighted by Crippen LogP contribution is 2.69. The number of hydrogen-bond donors (Lipinski definition) is 4. The van der Waals surface area contributed by atoms with Crippen LogP contribution in [0.3, 0.4) is 0 Å². The zero-order valence-corrected chi connectivity index (χ0v) is 18.8. The summed E-state index contributed by atoms with van der Waals surface area (Å²) in [4.78, 5) is 13.1. The monoisotopic (exact) mass is 456 g/mol. The van der Waals surface area contributed by atoms with Gasteiger partial charge in [-0.05, 0) is 73.3 Å². The van der Waals surface area contributed by atoms with E-state index in [9.17, 15) is 10.2 Å². The maximum absolute atomic E-state index is 11.1. The number of aliphatic hydroxyl groups excluding tert-OH is 2. The van der Waals surface area contributed by atoms with Crippen molar-refractivity contribution < 1.29 is 10.2 Å². The van der Waals surface area contributed by atoms with E-state index in [1.165, 1.54) is 30.3 Å². The number of fused-ring (bicyclic) bond motifs is 3. The van der Waals surface area contributed by atoms with Crippen molar-refractivity contribution in [3.05, 3.63) is 54.0 Å². The topological polar surface area (TPSA) is 136 Å². The minimum absolute atomic E-state index is 0.194. The average molecular weight is 457 g/mol. The Balaban J connectivity index is 1.14. The Morgan fingerprint density at radius 3 is 2.74 bits per heavy atom. The number of hydrogen-bond acceptors (Lipinski definition) is 7. The van der Waals surface area contributed by atoms with Crippen LogP contribution in [0, 0.1) is 11.3 Å². The number of aliphatic hydroxyl groups is 2. The van der Waals surface area contributed by atoms with E-state index in [1.807, 2.05) is 16.8 Å². The third-order valence-corrected chi connectivity index (χ3v) is 8.55. The molecule has 0 spiro atoms. The van der Waals surface area contributed by atoms with E-state index < -0.39 is 12.2 Å². The van der Waals surface area contributed by atoms with E-state index in [-0.39, 0.29) is 17.4 Å². The molecule has 5 atom stereocenters. The molecule has 0 saturated heterocycles. The van der Waals surface area contributed by atoms with Gasteiger partial charge < -0.3 is 26.2 Å². The number of aromatic nitrogens is 4. The Morgan fingerprint density at radius 2 is 1.91 bits per heavy atom. The number of pyridine rings is 1. The molecule has 3 fully saturated rings. The third-order valence-electron chi connectivity index (χ3n) is 8.55. The minimum Gasteiger partial charge on any atom is -0.390 e. The number of benzene rings is 1. The molecular formula is C26H28N6O2. The number of rotatable bonds is 5. The van der Waals surface area contributed by atoms with Crippen LogP contribution in [0.5, 0.6) is 0 Å². The van der Waals surface area contributed by atoms with E-state index in [1.54, 1.807) is 0 Å². The highest BCUT2D eigenvalue weighted by Gasteiger charge is 2.70. The summed E-state index contributed by atoms with van der Waals surface area (Å²) in [5.74, 6) is 1.84. The summed E-state index contributed by atoms with van der Waals surface area (Å²) >= 11 is 0. The standard InChI is InChI=1S/C26H28N6O2/c27-23-16-6-8-32(25(16)30-12-29-23)20-18-11-26(18,22(34)21(20)33)7-5-13-1-2-15-10-17(14-3-4-14)24(28)31-19(15)9-13/h1-2,6,8-10,12,14,18,20-22,33-34H,3-5,7,11H2,(H2,28,31)(H2,27,29,30)/t18-,20-,21+,22+,26+/m1/s1. The van der Waals surface area contributed by atoms with Crippen molar-refractivity contribution >= 4 is 33.6 Å². The molecule has 34 heavy (non-hydrogen) atoms. The van der Waals surface area contributed by atoms with Gasteiger partial charge in [0.2, 0.25) is 0 Å². The van der Waals surface area contributed by atoms with E-state index >= 15 is 0 Å². The van der Waals surface area contributed by atoms with Gasteiger partial charge in [-0.3, -0.25) is 0 Å². The summed E-state index contributed by atoms with van der Waals surface area (Å²) in [5.41, 5.74) is 15.9. The van der Waals surface area contributed by atoms with Crippen LogP contribution in [0.15, 0.2) is 42.9 Å². The molecule has 0 radical (unpaired) electrons. The first kappa shape index (κ1) is 20.2. The van der Waals surface area contributed by atoms with E-state index in [0.29, 0.717) is 23.2 Å². The van der Waals surface area contributed by atoms with Crippen LogP contribution in [0.1, 0.15) is 48.8 Å². The fourth-order valence-corrected chi connectivity index (χ4v) is 6.44. The van der Waals surface area contributed by atoms with Crippen LogP contribution in [-0.2, 0) is 6.42 Å². The maximum atomic E-state index is 11.1. The molecule has 8 nitrogen and oxygen atoms in total. The molecule has 1 aromatic carbocycles. The average Bonchev–Trinajstić information content (AvgIpc) is 3.73. The molecule has 0 aliphatic heterocycles. The van der Waals surface area contributed by atoms with E-state index in [0.717, 1.165) is 35.6 Å². The molecule has 3 aliphatic carbocycles. The summed E-state index contributed by atoms with van der Waals surface area (Å²) in [7, 11) is 0. The van der Waals surface area contributed by atoms with Crippen LogP contribution in [0.25, 0.3) is 21.9 Å². The molecule has 8 heteroatoms. The first-order valence-electron chi connectivity index (χ1n) is 12.1. The van der Waals surface area contributed by atoms with Crippen molar-refractivity contribution in [2.45, 2.75) is 56.3 Å². The van der Waals surface area contributed by atoms with Crippen LogP contribution in [-0.4, -0.2) is 41.9 Å². The first-order chi connectivity index (χ1) is 16.5. The van der Waals surface area contributed by atoms with Gasteiger partial charge in [0.05, 0.1) is 23.0 Å². The van der Waals surface area contributed by atoms with E-state index in [4.69, 9.17) is 11.5 Å². The molecule has 3 saturated carbocycles. The molecular weight excluding hydrogens is 428 g/mol. The zero-order chi connectivity index (χ0) is 23.2. The number of anilines is 2. The SMILES string of the molecule is Nc1nc2cc(CC[C@]34C[C@@H]3[C@@H](n3ccc5c(N)ncnc53)[C@H](O)[C@@H]4O)ccc2cc1C1CC1. The smallest absolute Gasteiger partial charge is 0.145 e. The van der Waals surface area contributed by atoms with Gasteiger partial charge in [0.15, 0.2) is 0 Å². The second-order valence-electron chi connectivity index (χ2n) is 10.5. The Morgan fingerprint density at radius 1 is 1.06 bits per heavy atom. The summed E-state index contributed by atoms with van der Waals surface area (Å²) in [6.07, 6.45) is 6.65. The normalized spacial score (nSPS) is 30.2. The molecule has 3 aliphatic rings. The Hall–Kier alpha value is -3.23. The lowest BCUT2D eigenvalue weighted by molar-refractivity contribution is -0.0191. The molecule has 7 rings (SSSR count). The summed E-state index contributed by atoms with van der Waals surface area (Å²) in [6, 6.07) is 10.2. The van der Waals surface area contributed by atoms with Gasteiger partial charge in [-0.15, -0.1) is 0 Å². The number of aryl methyl sites for hydroxylation is 1. The van der Waals surface area contributed by atoms with Crippen molar-refractivity contribution in [3.63, 3.8) is 0 Å². The molecule has 3 aromatic heterocycles. The van der Waals surface area contributed by atoms with Crippen LogP contribution in [0.2, 0.25) is 0 Å². The van der Waals surface area contributed by atoms with Gasteiger partial charge in [-0.2, -0.15) is 0 Å². The fraction of sp³-hybridized carbons (Fsp3) is 0.423. The lowest BCUT2D eigenvalue weighted by Crippen LogP contribution is -2.34. The zero-order valence-electron chi connectivity index (χ0n) is 18.8. The van der Waals surface area contributed by atoms with Crippen molar-refractivity contribution in [2.75, 3.05) is 11.5 Å². The van der Waals surface area contributed by atoms with Crippen molar-refractivity contribution in [2.24, 2.45) is 11.3 Å². The van der Waals surface area contributed by atoms with Crippen LogP contribution >= 0.6 is 0 Å². The lowest BCUT2D eigenvalue weighted by atomic mass is 9.91. The lowest BCUT2D eigenvalue weighted by Gasteiger charge is -2.24. The Bertz CT molecular complexity index is 1450. The van der Waals surface area contributed by atoms with Crippen molar-refractivity contribution in [3.8, 4) is 0 Å². The highest BCUT2D eigenvalue weighted by molar-refractivity contribution is 5.86. The summed E-state index contributed by atoms with van der Waals surface area (Å²) in [6.45, 7) is 0. The molecule has 0 amide bonds. The molecule has 0 unspecified atom stereocenters. The molecule has 4 aromatic rings. The Labute approximate surface area is 196 Å². The largest absolute Gasteiger partial charge is 0.390 e. The fourth-order valence-electron chi connectivity index (χ4n) is 6.44. The van der Waals surface area contributed by atoms with Crippen LogP contribution in [0.4, 0.5) is 11.6 Å². The van der Waals surface area contributed by atoms with Crippen LogP contribution < -0.4 is 11.5 Å². The van der Waals surface area contributed by atoms with Gasteiger partial charge >= 0.3 is 0 Å². The molecule has 3 heterocycles. The van der Waals surface area contributed by atoms with E-state index in [2.05, 4.69) is 39.2 Å². The number of nitrogens with zero attached hydrogens (tertiary/aromatic N) is 4. The second kappa shape index (κ2) is 6.90. The number of nitrogens with two attached hydrogens (primary N) is 2. The molecule has 0 bridgehead atoms. The number of nitrogen functional groups attached to an aromatic ring is 2. The van der Waals surface area contributed by atoms with Crippen molar-refractivity contribution in [1.29, 1.82) is 0 Å². The molecule has 174 valence electrons.